The number of piperidine rings is 1. The zero-order valence-corrected chi connectivity index (χ0v) is 16.5. The molecule has 0 saturated carbocycles. The fourth-order valence-electron chi connectivity index (χ4n) is 4.64. The highest BCUT2D eigenvalue weighted by Crippen LogP contribution is 2.30. The molecule has 0 spiro atoms. The van der Waals surface area contributed by atoms with Gasteiger partial charge in [0.25, 0.3) is 0 Å². The number of nitrogens with zero attached hydrogens (tertiary/aromatic N) is 2. The second-order valence-corrected chi connectivity index (χ2v) is 8.14. The molecule has 2 saturated heterocycles. The minimum atomic E-state index is 0.345. The molecule has 1 unspecified atom stereocenters. The smallest absolute Gasteiger partial charge is 0.0829 e. The number of morpholine rings is 1. The number of hydrogen-bond acceptors (Lipinski definition) is 3. The van der Waals surface area contributed by atoms with Gasteiger partial charge in [0.05, 0.1) is 12.7 Å². The van der Waals surface area contributed by atoms with Crippen molar-refractivity contribution < 1.29 is 4.74 Å². The van der Waals surface area contributed by atoms with E-state index in [1.54, 1.807) is 5.56 Å². The monoisotopic (exact) mass is 364 g/mol. The molecule has 0 N–H and O–H groups in total. The van der Waals surface area contributed by atoms with Gasteiger partial charge in [-0.3, -0.25) is 4.90 Å². The van der Waals surface area contributed by atoms with E-state index in [-0.39, 0.29) is 0 Å². The first-order valence-corrected chi connectivity index (χ1v) is 10.4. The third-order valence-electron chi connectivity index (χ3n) is 6.15. The van der Waals surface area contributed by atoms with E-state index in [4.69, 9.17) is 4.74 Å². The molecular weight excluding hydrogens is 332 g/mol. The number of rotatable bonds is 5. The Labute approximate surface area is 163 Å². The lowest BCUT2D eigenvalue weighted by Crippen LogP contribution is -2.48. The summed E-state index contributed by atoms with van der Waals surface area (Å²) in [5.41, 5.74) is 4.40. The van der Waals surface area contributed by atoms with Crippen molar-refractivity contribution in [3.63, 3.8) is 0 Å². The highest BCUT2D eigenvalue weighted by atomic mass is 16.5. The fraction of sp³-hybridized carbons (Fsp3) is 0.500. The van der Waals surface area contributed by atoms with Crippen LogP contribution in [-0.2, 0) is 11.3 Å². The average Bonchev–Trinajstić information content (AvgIpc) is 2.70. The molecule has 2 aromatic carbocycles. The van der Waals surface area contributed by atoms with E-state index in [1.807, 2.05) is 0 Å². The maximum atomic E-state index is 6.10. The first kappa shape index (κ1) is 18.7. The molecule has 27 heavy (non-hydrogen) atoms. The number of hydrogen-bond donors (Lipinski definition) is 0. The van der Waals surface area contributed by atoms with E-state index in [1.165, 1.54) is 37.1 Å². The summed E-state index contributed by atoms with van der Waals surface area (Å²) in [4.78, 5) is 5.16. The van der Waals surface area contributed by atoms with Crippen LogP contribution in [0.2, 0.25) is 0 Å². The van der Waals surface area contributed by atoms with Crippen molar-refractivity contribution in [3.05, 3.63) is 71.3 Å². The molecule has 0 amide bonds. The Kier molecular flexibility index (Phi) is 6.23. The minimum absolute atomic E-state index is 0.345. The maximum absolute atomic E-state index is 6.10. The number of likely N-dealkylation sites (tertiary alicyclic amines) is 1. The normalized spacial score (nSPS) is 22.8. The second-order valence-electron chi connectivity index (χ2n) is 8.14. The number of aryl methyl sites for hydroxylation is 1. The Morgan fingerprint density at radius 3 is 2.41 bits per heavy atom. The van der Waals surface area contributed by atoms with Crippen LogP contribution in [0.15, 0.2) is 54.6 Å². The Balaban J connectivity index is 1.26. The standard InChI is InChI=1S/C24H32N2O/c1-20-7-5-6-10-24(20)22-11-13-25(14-12-22)18-23-19-26(15-16-27-23)17-21-8-3-2-4-9-21/h2-10,22-23H,11-19H2,1H3. The molecule has 0 aromatic heterocycles. The van der Waals surface area contributed by atoms with Crippen molar-refractivity contribution in [1.82, 2.24) is 9.80 Å². The first-order chi connectivity index (χ1) is 13.3. The van der Waals surface area contributed by atoms with Crippen LogP contribution in [0.1, 0.15) is 35.4 Å². The molecule has 2 aromatic rings. The van der Waals surface area contributed by atoms with Gasteiger partial charge >= 0.3 is 0 Å². The molecule has 3 nitrogen and oxygen atoms in total. The van der Waals surface area contributed by atoms with Gasteiger partial charge in [0.15, 0.2) is 0 Å². The Morgan fingerprint density at radius 1 is 0.889 bits per heavy atom. The molecule has 2 aliphatic rings. The van der Waals surface area contributed by atoms with Crippen molar-refractivity contribution >= 4 is 0 Å². The van der Waals surface area contributed by atoms with E-state index >= 15 is 0 Å². The summed E-state index contributed by atoms with van der Waals surface area (Å²) in [6.07, 6.45) is 2.88. The largest absolute Gasteiger partial charge is 0.374 e. The summed E-state index contributed by atoms with van der Waals surface area (Å²) in [5.74, 6) is 0.726. The van der Waals surface area contributed by atoms with Crippen LogP contribution < -0.4 is 0 Å². The molecule has 144 valence electrons. The Bertz CT molecular complexity index is 709. The van der Waals surface area contributed by atoms with E-state index in [0.717, 1.165) is 38.7 Å². The minimum Gasteiger partial charge on any atom is -0.374 e. The predicted molar refractivity (Wildman–Crippen MR) is 111 cm³/mol. The summed E-state index contributed by atoms with van der Waals surface area (Å²) in [6, 6.07) is 19.7. The average molecular weight is 365 g/mol. The quantitative estimate of drug-likeness (QED) is 0.795. The Morgan fingerprint density at radius 2 is 1.63 bits per heavy atom. The third-order valence-corrected chi connectivity index (χ3v) is 6.15. The van der Waals surface area contributed by atoms with Crippen LogP contribution in [0.25, 0.3) is 0 Å². The lowest BCUT2D eigenvalue weighted by Gasteiger charge is -2.38. The molecule has 2 heterocycles. The van der Waals surface area contributed by atoms with Gasteiger partial charge in [0.2, 0.25) is 0 Å². The highest BCUT2D eigenvalue weighted by Gasteiger charge is 2.26. The molecule has 4 rings (SSSR count). The molecule has 2 aliphatic heterocycles. The second kappa shape index (κ2) is 9.01. The van der Waals surface area contributed by atoms with Crippen molar-refractivity contribution in [2.75, 3.05) is 39.3 Å². The van der Waals surface area contributed by atoms with Gasteiger partial charge in [-0.25, -0.2) is 0 Å². The molecule has 0 radical (unpaired) electrons. The Hall–Kier alpha value is -1.68. The number of benzene rings is 2. The lowest BCUT2D eigenvalue weighted by molar-refractivity contribution is -0.0482. The van der Waals surface area contributed by atoms with Crippen LogP contribution in [0.3, 0.4) is 0 Å². The maximum Gasteiger partial charge on any atom is 0.0829 e. The van der Waals surface area contributed by atoms with Gasteiger partial charge in [-0.15, -0.1) is 0 Å². The van der Waals surface area contributed by atoms with Gasteiger partial charge in [0.1, 0.15) is 0 Å². The first-order valence-electron chi connectivity index (χ1n) is 10.4. The molecule has 0 bridgehead atoms. The summed E-state index contributed by atoms with van der Waals surface area (Å²) < 4.78 is 6.10. The van der Waals surface area contributed by atoms with Gasteiger partial charge in [-0.2, -0.15) is 0 Å². The van der Waals surface area contributed by atoms with Crippen molar-refractivity contribution in [2.24, 2.45) is 0 Å². The van der Waals surface area contributed by atoms with Gasteiger partial charge in [0, 0.05) is 26.2 Å². The van der Waals surface area contributed by atoms with Crippen molar-refractivity contribution in [1.29, 1.82) is 0 Å². The van der Waals surface area contributed by atoms with Crippen LogP contribution in [-0.4, -0.2) is 55.2 Å². The van der Waals surface area contributed by atoms with Gasteiger partial charge in [-0.1, -0.05) is 54.6 Å². The van der Waals surface area contributed by atoms with E-state index < -0.39 is 0 Å². The summed E-state index contributed by atoms with van der Waals surface area (Å²) >= 11 is 0. The zero-order valence-electron chi connectivity index (χ0n) is 16.5. The molecule has 0 aliphatic carbocycles. The lowest BCUT2D eigenvalue weighted by atomic mass is 9.87. The SMILES string of the molecule is Cc1ccccc1C1CCN(CC2CN(Cc3ccccc3)CCO2)CC1. The van der Waals surface area contributed by atoms with Crippen LogP contribution in [0.4, 0.5) is 0 Å². The topological polar surface area (TPSA) is 15.7 Å². The van der Waals surface area contributed by atoms with Crippen molar-refractivity contribution in [2.45, 2.75) is 38.3 Å². The van der Waals surface area contributed by atoms with Crippen LogP contribution >= 0.6 is 0 Å². The zero-order chi connectivity index (χ0) is 18.5. The molecule has 3 heteroatoms. The van der Waals surface area contributed by atoms with Gasteiger partial charge in [-0.05, 0) is 55.5 Å². The van der Waals surface area contributed by atoms with E-state index in [0.29, 0.717) is 6.10 Å². The highest BCUT2D eigenvalue weighted by molar-refractivity contribution is 5.29. The van der Waals surface area contributed by atoms with E-state index in [2.05, 4.69) is 71.3 Å². The van der Waals surface area contributed by atoms with Gasteiger partial charge < -0.3 is 9.64 Å². The predicted octanol–water partition coefficient (Wildman–Crippen LogP) is 4.08. The molecular formula is C24H32N2O. The number of ether oxygens (including phenoxy) is 1. The summed E-state index contributed by atoms with van der Waals surface area (Å²) in [7, 11) is 0. The third kappa shape index (κ3) is 4.98. The van der Waals surface area contributed by atoms with Crippen molar-refractivity contribution in [3.8, 4) is 0 Å². The van der Waals surface area contributed by atoms with Crippen LogP contribution in [0.5, 0.6) is 0 Å². The molecule has 1 atom stereocenters. The molecule has 2 fully saturated rings. The van der Waals surface area contributed by atoms with Crippen LogP contribution in [0, 0.1) is 6.92 Å². The summed E-state index contributed by atoms with van der Waals surface area (Å²) in [6.45, 7) is 9.69. The summed E-state index contributed by atoms with van der Waals surface area (Å²) in [5, 5.41) is 0. The fourth-order valence-corrected chi connectivity index (χ4v) is 4.64. The van der Waals surface area contributed by atoms with E-state index in [9.17, 15) is 0 Å².